The number of nitrogens with one attached hydrogen (secondary N) is 1. The molecular weight excluding hydrogens is 375 g/mol. The zero-order chi connectivity index (χ0) is 19.4. The van der Waals surface area contributed by atoms with Crippen LogP contribution in [0.25, 0.3) is 0 Å². The molecule has 1 N–H and O–H groups in total. The number of hydrogen-bond acceptors (Lipinski definition) is 5. The predicted molar refractivity (Wildman–Crippen MR) is 96.8 cm³/mol. The average Bonchev–Trinajstić information content (AvgIpc) is 3.02. The average molecular weight is 394 g/mol. The largest absolute Gasteiger partial charge is 0.494 e. The van der Waals surface area contributed by atoms with Crippen LogP contribution in [0.1, 0.15) is 6.92 Å². The van der Waals surface area contributed by atoms with Gasteiger partial charge in [0.1, 0.15) is 17.7 Å². The van der Waals surface area contributed by atoms with Gasteiger partial charge >= 0.3 is 6.09 Å². The molecule has 0 bridgehead atoms. The zero-order valence-corrected chi connectivity index (χ0v) is 15.4. The van der Waals surface area contributed by atoms with E-state index in [1.165, 1.54) is 35.2 Å². The van der Waals surface area contributed by atoms with Crippen molar-refractivity contribution in [3.63, 3.8) is 0 Å². The van der Waals surface area contributed by atoms with Crippen molar-refractivity contribution in [2.45, 2.75) is 17.9 Å². The maximum atomic E-state index is 13.3. The second kappa shape index (κ2) is 7.93. The van der Waals surface area contributed by atoms with E-state index in [9.17, 15) is 17.6 Å². The molecule has 1 heterocycles. The highest BCUT2D eigenvalue weighted by Crippen LogP contribution is 2.22. The number of halogens is 1. The first-order chi connectivity index (χ1) is 12.9. The minimum absolute atomic E-state index is 0.0808. The number of rotatable bonds is 7. The van der Waals surface area contributed by atoms with Gasteiger partial charge in [0.2, 0.25) is 10.0 Å². The van der Waals surface area contributed by atoms with Crippen molar-refractivity contribution in [2.75, 3.05) is 24.6 Å². The Morgan fingerprint density at radius 3 is 2.67 bits per heavy atom. The van der Waals surface area contributed by atoms with Gasteiger partial charge in [-0.05, 0) is 49.4 Å². The van der Waals surface area contributed by atoms with Gasteiger partial charge in [-0.1, -0.05) is 6.07 Å². The third kappa shape index (κ3) is 4.55. The molecule has 0 saturated carbocycles. The summed E-state index contributed by atoms with van der Waals surface area (Å²) in [5.74, 6) is 0.104. The third-order valence-corrected chi connectivity index (χ3v) is 5.38. The number of anilines is 1. The van der Waals surface area contributed by atoms with Crippen LogP contribution in [-0.2, 0) is 14.8 Å². The third-order valence-electron chi connectivity index (χ3n) is 3.94. The molecule has 0 aromatic heterocycles. The standard InChI is InChI=1S/C18H19FN2O5S/c1-2-25-15-6-8-17(9-7-15)27(23,24)20-11-16-12-21(18(22)26-16)14-5-3-4-13(19)10-14/h3-10,16,20H,2,11-12H2,1H3. The number of amides is 1. The van der Waals surface area contributed by atoms with Gasteiger partial charge in [-0.3, -0.25) is 4.90 Å². The first-order valence-electron chi connectivity index (χ1n) is 8.35. The lowest BCUT2D eigenvalue weighted by Crippen LogP contribution is -2.34. The summed E-state index contributed by atoms with van der Waals surface area (Å²) in [6, 6.07) is 11.6. The Hall–Kier alpha value is -2.65. The first-order valence-corrected chi connectivity index (χ1v) is 9.83. The van der Waals surface area contributed by atoms with E-state index >= 15 is 0 Å². The van der Waals surface area contributed by atoms with Crippen molar-refractivity contribution >= 4 is 21.8 Å². The van der Waals surface area contributed by atoms with Gasteiger partial charge in [-0.2, -0.15) is 0 Å². The zero-order valence-electron chi connectivity index (χ0n) is 14.6. The predicted octanol–water partition coefficient (Wildman–Crippen LogP) is 2.53. The highest BCUT2D eigenvalue weighted by Gasteiger charge is 2.33. The lowest BCUT2D eigenvalue weighted by molar-refractivity contribution is 0.143. The number of carbonyl (C=O) groups is 1. The summed E-state index contributed by atoms with van der Waals surface area (Å²) in [5, 5.41) is 0. The fourth-order valence-electron chi connectivity index (χ4n) is 2.65. The molecule has 1 aliphatic heterocycles. The molecule has 1 amide bonds. The SMILES string of the molecule is CCOc1ccc(S(=O)(=O)NCC2CN(c3cccc(F)c3)C(=O)O2)cc1. The summed E-state index contributed by atoms with van der Waals surface area (Å²) in [7, 11) is -3.76. The summed E-state index contributed by atoms with van der Waals surface area (Å²) in [6.45, 7) is 2.35. The Bertz CT molecular complexity index is 918. The fourth-order valence-corrected chi connectivity index (χ4v) is 3.72. The van der Waals surface area contributed by atoms with Crippen LogP contribution < -0.4 is 14.4 Å². The van der Waals surface area contributed by atoms with Gasteiger partial charge in [0.05, 0.1) is 23.7 Å². The monoisotopic (exact) mass is 394 g/mol. The van der Waals surface area contributed by atoms with E-state index in [0.717, 1.165) is 0 Å². The van der Waals surface area contributed by atoms with Crippen LogP contribution in [-0.4, -0.2) is 40.3 Å². The maximum absolute atomic E-state index is 13.3. The molecule has 3 rings (SSSR count). The molecule has 144 valence electrons. The Labute approximate surface area is 156 Å². The molecule has 2 aromatic rings. The fraction of sp³-hybridized carbons (Fsp3) is 0.278. The number of carbonyl (C=O) groups excluding carboxylic acids is 1. The Balaban J connectivity index is 1.62. The van der Waals surface area contributed by atoms with Crippen LogP contribution >= 0.6 is 0 Å². The van der Waals surface area contributed by atoms with E-state index in [1.807, 2.05) is 6.92 Å². The molecule has 1 unspecified atom stereocenters. The lowest BCUT2D eigenvalue weighted by atomic mass is 10.2. The van der Waals surface area contributed by atoms with E-state index in [0.29, 0.717) is 18.0 Å². The lowest BCUT2D eigenvalue weighted by Gasteiger charge is -2.13. The Morgan fingerprint density at radius 1 is 1.26 bits per heavy atom. The van der Waals surface area contributed by atoms with Gasteiger partial charge in [0.25, 0.3) is 0 Å². The summed E-state index contributed by atoms with van der Waals surface area (Å²) in [6.07, 6.45) is -1.33. The number of ether oxygens (including phenoxy) is 2. The van der Waals surface area contributed by atoms with Crippen molar-refractivity contribution in [3.8, 4) is 5.75 Å². The van der Waals surface area contributed by atoms with Crippen molar-refractivity contribution in [3.05, 3.63) is 54.3 Å². The minimum atomic E-state index is -3.76. The van der Waals surface area contributed by atoms with E-state index in [1.54, 1.807) is 18.2 Å². The van der Waals surface area contributed by atoms with Gasteiger partial charge in [0, 0.05) is 6.54 Å². The Morgan fingerprint density at radius 2 is 2.00 bits per heavy atom. The number of benzene rings is 2. The van der Waals surface area contributed by atoms with Gasteiger partial charge in [-0.25, -0.2) is 22.3 Å². The minimum Gasteiger partial charge on any atom is -0.494 e. The topological polar surface area (TPSA) is 84.9 Å². The summed E-state index contributed by atoms with van der Waals surface area (Å²) >= 11 is 0. The van der Waals surface area contributed by atoms with Crippen LogP contribution in [0.4, 0.5) is 14.9 Å². The van der Waals surface area contributed by atoms with Gasteiger partial charge in [0.15, 0.2) is 0 Å². The van der Waals surface area contributed by atoms with E-state index in [-0.39, 0.29) is 18.0 Å². The second-order valence-corrected chi connectivity index (χ2v) is 7.62. The quantitative estimate of drug-likeness (QED) is 0.780. The maximum Gasteiger partial charge on any atom is 0.414 e. The number of nitrogens with zero attached hydrogens (tertiary/aromatic N) is 1. The van der Waals surface area contributed by atoms with E-state index in [2.05, 4.69) is 4.72 Å². The van der Waals surface area contributed by atoms with Crippen molar-refractivity contribution < 1.29 is 27.1 Å². The number of sulfonamides is 1. The Kier molecular flexibility index (Phi) is 5.62. The van der Waals surface area contributed by atoms with Gasteiger partial charge < -0.3 is 9.47 Å². The molecule has 0 radical (unpaired) electrons. The molecule has 1 saturated heterocycles. The van der Waals surface area contributed by atoms with Crippen molar-refractivity contribution in [2.24, 2.45) is 0 Å². The highest BCUT2D eigenvalue weighted by atomic mass is 32.2. The first kappa shape index (κ1) is 19.1. The van der Waals surface area contributed by atoms with E-state index in [4.69, 9.17) is 9.47 Å². The summed E-state index contributed by atoms with van der Waals surface area (Å²) in [4.78, 5) is 13.3. The van der Waals surface area contributed by atoms with Crippen LogP contribution in [0.5, 0.6) is 5.75 Å². The van der Waals surface area contributed by atoms with Crippen molar-refractivity contribution in [1.82, 2.24) is 4.72 Å². The molecule has 9 heteroatoms. The van der Waals surface area contributed by atoms with E-state index < -0.39 is 28.0 Å². The molecular formula is C18H19FN2O5S. The second-order valence-electron chi connectivity index (χ2n) is 5.85. The van der Waals surface area contributed by atoms with Crippen LogP contribution in [0.2, 0.25) is 0 Å². The molecule has 27 heavy (non-hydrogen) atoms. The molecule has 0 aliphatic carbocycles. The summed E-state index contributed by atoms with van der Waals surface area (Å²) < 4.78 is 51.0. The highest BCUT2D eigenvalue weighted by molar-refractivity contribution is 7.89. The molecule has 0 spiro atoms. The summed E-state index contributed by atoms with van der Waals surface area (Å²) in [5.41, 5.74) is 0.358. The molecule has 7 nitrogen and oxygen atoms in total. The van der Waals surface area contributed by atoms with Crippen LogP contribution in [0, 0.1) is 5.82 Å². The number of cyclic esters (lactones) is 1. The normalized spacial score (nSPS) is 17.0. The van der Waals surface area contributed by atoms with Gasteiger partial charge in [-0.15, -0.1) is 0 Å². The molecule has 1 fully saturated rings. The number of hydrogen-bond donors (Lipinski definition) is 1. The van der Waals surface area contributed by atoms with Crippen LogP contribution in [0.3, 0.4) is 0 Å². The van der Waals surface area contributed by atoms with Crippen molar-refractivity contribution in [1.29, 1.82) is 0 Å². The molecule has 2 aromatic carbocycles. The smallest absolute Gasteiger partial charge is 0.414 e. The molecule has 1 aliphatic rings. The van der Waals surface area contributed by atoms with Crippen LogP contribution in [0.15, 0.2) is 53.4 Å². The molecule has 1 atom stereocenters.